The van der Waals surface area contributed by atoms with E-state index in [1.165, 1.54) is 0 Å². The molecule has 2 aromatic heterocycles. The predicted octanol–water partition coefficient (Wildman–Crippen LogP) is 0.660. The molecule has 0 amide bonds. The summed E-state index contributed by atoms with van der Waals surface area (Å²) in [5.41, 5.74) is 8.07. The fourth-order valence-corrected chi connectivity index (χ4v) is 4.67. The smallest absolute Gasteiger partial charge is 0.219 e. The van der Waals surface area contributed by atoms with Gasteiger partial charge in [-0.1, -0.05) is 48.5 Å². The van der Waals surface area contributed by atoms with Crippen molar-refractivity contribution in [3.05, 3.63) is 146 Å². The van der Waals surface area contributed by atoms with Crippen molar-refractivity contribution in [1.29, 1.82) is 0 Å². The predicted molar refractivity (Wildman–Crippen MR) is 149 cm³/mol. The average molecular weight is 566 g/mol. The molecule has 6 heteroatoms. The van der Waals surface area contributed by atoms with E-state index in [4.69, 9.17) is 0 Å². The Kier molecular flexibility index (Phi) is 8.85. The van der Waals surface area contributed by atoms with Gasteiger partial charge in [0.15, 0.2) is 18.6 Å². The third kappa shape index (κ3) is 5.84. The first-order chi connectivity index (χ1) is 18.7. The summed E-state index contributed by atoms with van der Waals surface area (Å²) in [7, 11) is 0. The van der Waals surface area contributed by atoms with Crippen LogP contribution in [0.1, 0.15) is 0 Å². The van der Waals surface area contributed by atoms with Crippen LogP contribution in [0.5, 0.6) is 11.5 Å². The minimum absolute atomic E-state index is 0. The maximum atomic E-state index is 10.4. The van der Waals surface area contributed by atoms with Gasteiger partial charge in [0.05, 0.1) is 0 Å². The van der Waals surface area contributed by atoms with Gasteiger partial charge in [-0.25, -0.2) is 0 Å². The molecular formula is C34H26Cl2N2O2. The minimum atomic E-state index is 0. The van der Waals surface area contributed by atoms with Crippen molar-refractivity contribution in [2.24, 2.45) is 0 Å². The summed E-state index contributed by atoms with van der Waals surface area (Å²) in [6.45, 7) is 0. The van der Waals surface area contributed by atoms with Crippen molar-refractivity contribution in [2.75, 3.05) is 0 Å². The first-order valence-corrected chi connectivity index (χ1v) is 12.5. The normalized spacial score (nSPS) is 10.3. The Morgan fingerprint density at radius 3 is 1.68 bits per heavy atom. The summed E-state index contributed by atoms with van der Waals surface area (Å²) in [6, 6.07) is 41.6. The standard InChI is InChI=1S/C34H24N2O2.2ClH/c37-31-14-11-29(12-15-31)36-22-19-28(23-33(36)27-9-5-2-6-10-27)25-17-20-35(21-18-25)30-13-16-34(38)32(24-30)26-7-3-1-4-8-26;;/h1-24H;2*1H. The van der Waals surface area contributed by atoms with E-state index < -0.39 is 0 Å². The first kappa shape index (κ1) is 28.4. The Hall–Kier alpha value is -4.64. The number of nitrogens with zero attached hydrogens (tertiary/aromatic N) is 2. The fourth-order valence-electron chi connectivity index (χ4n) is 4.67. The Bertz CT molecular complexity index is 1710. The Morgan fingerprint density at radius 2 is 1.02 bits per heavy atom. The van der Waals surface area contributed by atoms with E-state index in [1.54, 1.807) is 18.2 Å². The number of rotatable bonds is 5. The van der Waals surface area contributed by atoms with Crippen LogP contribution in [-0.2, 0) is 0 Å². The van der Waals surface area contributed by atoms with Crippen LogP contribution in [0.4, 0.5) is 0 Å². The minimum Gasteiger partial charge on any atom is -1.00 e. The second-order valence-electron chi connectivity index (χ2n) is 9.11. The summed E-state index contributed by atoms with van der Waals surface area (Å²) in [4.78, 5) is 0. The molecule has 0 radical (unpaired) electrons. The van der Waals surface area contributed by atoms with Gasteiger partial charge in [0.25, 0.3) is 0 Å². The molecule has 0 saturated carbocycles. The van der Waals surface area contributed by atoms with E-state index in [2.05, 4.69) is 47.2 Å². The van der Waals surface area contributed by atoms with Gasteiger partial charge in [0.1, 0.15) is 11.5 Å². The lowest BCUT2D eigenvalue weighted by Crippen LogP contribution is -3.00. The van der Waals surface area contributed by atoms with Crippen LogP contribution in [-0.4, -0.2) is 10.2 Å². The molecule has 2 N–H and O–H groups in total. The summed E-state index contributed by atoms with van der Waals surface area (Å²) in [5, 5.41) is 20.2. The zero-order valence-corrected chi connectivity index (χ0v) is 22.9. The molecule has 198 valence electrons. The highest BCUT2D eigenvalue weighted by Crippen LogP contribution is 2.30. The van der Waals surface area contributed by atoms with Crippen molar-refractivity contribution < 1.29 is 44.2 Å². The Morgan fingerprint density at radius 1 is 0.450 bits per heavy atom. The number of aromatic nitrogens is 2. The second kappa shape index (κ2) is 12.5. The quantitative estimate of drug-likeness (QED) is 0.302. The molecule has 0 aliphatic carbocycles. The number of aromatic hydroxyl groups is 2. The van der Waals surface area contributed by atoms with Gasteiger partial charge in [0, 0.05) is 59.7 Å². The number of benzene rings is 4. The molecule has 40 heavy (non-hydrogen) atoms. The molecule has 0 bridgehead atoms. The molecule has 0 aliphatic rings. The van der Waals surface area contributed by atoms with E-state index in [0.717, 1.165) is 44.9 Å². The van der Waals surface area contributed by atoms with E-state index in [1.807, 2.05) is 89.8 Å². The highest BCUT2D eigenvalue weighted by Gasteiger charge is 2.18. The molecule has 0 spiro atoms. The second-order valence-corrected chi connectivity index (χ2v) is 9.11. The molecule has 2 heterocycles. The number of phenols is 2. The topological polar surface area (TPSA) is 48.2 Å². The molecule has 0 atom stereocenters. The first-order valence-electron chi connectivity index (χ1n) is 12.5. The highest BCUT2D eigenvalue weighted by atomic mass is 35.5. The summed E-state index contributed by atoms with van der Waals surface area (Å²) < 4.78 is 4.18. The van der Waals surface area contributed by atoms with Crippen LogP contribution in [0.3, 0.4) is 0 Å². The lowest BCUT2D eigenvalue weighted by atomic mass is 10.0. The number of pyridine rings is 2. The number of halogens is 2. The summed E-state index contributed by atoms with van der Waals surface area (Å²) in [6.07, 6.45) is 6.15. The number of phenolic OH excluding ortho intramolecular Hbond substituents is 2. The molecular weight excluding hydrogens is 539 g/mol. The Labute approximate surface area is 245 Å². The number of hydrogen-bond donors (Lipinski definition) is 2. The van der Waals surface area contributed by atoms with Gasteiger partial charge in [-0.2, -0.15) is 9.13 Å². The van der Waals surface area contributed by atoms with Crippen molar-refractivity contribution in [1.82, 2.24) is 0 Å². The van der Waals surface area contributed by atoms with Crippen LogP contribution in [0.15, 0.2) is 146 Å². The molecule has 6 aromatic rings. The molecule has 4 nitrogen and oxygen atoms in total. The lowest BCUT2D eigenvalue weighted by molar-refractivity contribution is -0.595. The van der Waals surface area contributed by atoms with Crippen molar-refractivity contribution in [3.8, 4) is 56.4 Å². The summed E-state index contributed by atoms with van der Waals surface area (Å²) in [5.74, 6) is 0.506. The van der Waals surface area contributed by atoms with Crippen LogP contribution in [0.2, 0.25) is 0 Å². The van der Waals surface area contributed by atoms with Gasteiger partial charge in [-0.3, -0.25) is 0 Å². The molecule has 4 aromatic carbocycles. The third-order valence-corrected chi connectivity index (χ3v) is 6.68. The largest absolute Gasteiger partial charge is 1.00 e. The average Bonchev–Trinajstić information content (AvgIpc) is 2.99. The van der Waals surface area contributed by atoms with Crippen molar-refractivity contribution in [2.45, 2.75) is 0 Å². The maximum Gasteiger partial charge on any atom is 0.219 e. The summed E-state index contributed by atoms with van der Waals surface area (Å²) >= 11 is 0. The lowest BCUT2D eigenvalue weighted by Gasteiger charge is -2.08. The molecule has 0 saturated heterocycles. The highest BCUT2D eigenvalue weighted by molar-refractivity contribution is 5.72. The zero-order chi connectivity index (χ0) is 25.9. The van der Waals surface area contributed by atoms with Gasteiger partial charge < -0.3 is 35.0 Å². The number of hydrogen-bond acceptors (Lipinski definition) is 2. The molecule has 6 rings (SSSR count). The van der Waals surface area contributed by atoms with E-state index in [-0.39, 0.29) is 36.3 Å². The van der Waals surface area contributed by atoms with Gasteiger partial charge in [-0.15, -0.1) is 0 Å². The van der Waals surface area contributed by atoms with Crippen LogP contribution in [0.25, 0.3) is 44.9 Å². The van der Waals surface area contributed by atoms with Gasteiger partial charge in [0.2, 0.25) is 17.1 Å². The molecule has 0 aliphatic heterocycles. The van der Waals surface area contributed by atoms with Gasteiger partial charge in [-0.05, 0) is 47.0 Å². The molecule has 0 unspecified atom stereocenters. The monoisotopic (exact) mass is 564 g/mol. The van der Waals surface area contributed by atoms with E-state index in [9.17, 15) is 10.2 Å². The maximum absolute atomic E-state index is 10.4. The fraction of sp³-hybridized carbons (Fsp3) is 0. The zero-order valence-electron chi connectivity index (χ0n) is 21.4. The third-order valence-electron chi connectivity index (χ3n) is 6.68. The van der Waals surface area contributed by atoms with Crippen LogP contribution < -0.4 is 33.9 Å². The molecule has 0 fully saturated rings. The van der Waals surface area contributed by atoms with E-state index >= 15 is 0 Å². The van der Waals surface area contributed by atoms with Crippen LogP contribution >= 0.6 is 0 Å². The Balaban J connectivity index is 0.00000185. The van der Waals surface area contributed by atoms with Gasteiger partial charge >= 0.3 is 0 Å². The van der Waals surface area contributed by atoms with Crippen LogP contribution in [0, 0.1) is 0 Å². The van der Waals surface area contributed by atoms with Crippen molar-refractivity contribution in [3.63, 3.8) is 0 Å². The van der Waals surface area contributed by atoms with Crippen molar-refractivity contribution >= 4 is 0 Å². The SMILES string of the molecule is Oc1ccc(-[n+]2ccc(-c3cc[n+](-c4ccc(O)c(-c5ccccc5)c4)cc3)cc2-c2ccccc2)cc1.[Cl-].[Cl-]. The van der Waals surface area contributed by atoms with E-state index in [0.29, 0.717) is 0 Å².